The van der Waals surface area contributed by atoms with Crippen molar-refractivity contribution in [2.45, 2.75) is 36.9 Å². The van der Waals surface area contributed by atoms with Crippen LogP contribution in [0.4, 0.5) is 0 Å². The molecule has 168 valence electrons. The first-order valence-corrected chi connectivity index (χ1v) is 11.3. The zero-order chi connectivity index (χ0) is 22.8. The molecular weight excluding hydrogens is 452 g/mol. The number of aldehydes is 1. The molecule has 4 N–H and O–H groups in total. The van der Waals surface area contributed by atoms with Gasteiger partial charge in [0.05, 0.1) is 6.61 Å². The van der Waals surface area contributed by atoms with Gasteiger partial charge in [0.2, 0.25) is 0 Å². The van der Waals surface area contributed by atoms with Gasteiger partial charge in [-0.15, -0.1) is 11.3 Å². The van der Waals surface area contributed by atoms with Crippen molar-refractivity contribution in [2.24, 2.45) is 0 Å². The Morgan fingerprint density at radius 3 is 2.41 bits per heavy atom. The highest BCUT2D eigenvalue weighted by Crippen LogP contribution is 2.35. The van der Waals surface area contributed by atoms with Crippen LogP contribution in [0.15, 0.2) is 54.6 Å². The molecule has 8 heteroatoms. The van der Waals surface area contributed by atoms with Gasteiger partial charge in [-0.25, -0.2) is 0 Å². The smallest absolute Gasteiger partial charge is 0.150 e. The zero-order valence-corrected chi connectivity index (χ0v) is 18.5. The van der Waals surface area contributed by atoms with E-state index in [1.54, 1.807) is 35.6 Å². The lowest BCUT2D eigenvalue weighted by atomic mass is 9.90. The Hall–Kier alpha value is -2.10. The SMILES string of the molecule is O=Cc1ccc(-c2ccc(Cc3cc([C@@H]4O[C@H](CO)[C@@H](O)[C@H](O)[C@H]4O)ccc3Cl)s2)cc1. The monoisotopic (exact) mass is 474 g/mol. The molecule has 1 aliphatic rings. The van der Waals surface area contributed by atoms with Crippen LogP contribution in [-0.2, 0) is 11.2 Å². The Bertz CT molecular complexity index is 1080. The van der Waals surface area contributed by atoms with Crippen molar-refractivity contribution in [3.8, 4) is 10.4 Å². The molecule has 1 fully saturated rings. The fraction of sp³-hybridized carbons (Fsp3) is 0.292. The van der Waals surface area contributed by atoms with Crippen LogP contribution in [0.3, 0.4) is 0 Å². The van der Waals surface area contributed by atoms with E-state index in [1.807, 2.05) is 30.3 Å². The van der Waals surface area contributed by atoms with Crippen molar-refractivity contribution in [3.05, 3.63) is 81.2 Å². The molecule has 0 spiro atoms. The molecule has 0 bridgehead atoms. The Labute approximate surface area is 194 Å². The van der Waals surface area contributed by atoms with Crippen LogP contribution < -0.4 is 0 Å². The minimum absolute atomic E-state index is 0.478. The van der Waals surface area contributed by atoms with E-state index in [0.29, 0.717) is 22.6 Å². The summed E-state index contributed by atoms with van der Waals surface area (Å²) < 4.78 is 5.67. The number of halogens is 1. The summed E-state index contributed by atoms with van der Waals surface area (Å²) in [6.07, 6.45) is -4.68. The van der Waals surface area contributed by atoms with E-state index < -0.39 is 37.1 Å². The maximum atomic E-state index is 10.9. The summed E-state index contributed by atoms with van der Waals surface area (Å²) in [6.45, 7) is -0.478. The predicted octanol–water partition coefficient (Wildman–Crippen LogP) is 2.99. The normalized spacial score (nSPS) is 25.6. The average molecular weight is 475 g/mol. The number of aliphatic hydroxyl groups excluding tert-OH is 4. The second-order valence-electron chi connectivity index (χ2n) is 7.78. The third-order valence-corrected chi connectivity index (χ3v) is 7.15. The van der Waals surface area contributed by atoms with Crippen molar-refractivity contribution < 1.29 is 30.0 Å². The van der Waals surface area contributed by atoms with Gasteiger partial charge in [-0.1, -0.05) is 48.0 Å². The minimum Gasteiger partial charge on any atom is -0.394 e. The van der Waals surface area contributed by atoms with Crippen LogP contribution in [0.2, 0.25) is 5.02 Å². The second-order valence-corrected chi connectivity index (χ2v) is 9.36. The number of hydrogen-bond acceptors (Lipinski definition) is 7. The Balaban J connectivity index is 1.56. The number of benzene rings is 2. The van der Waals surface area contributed by atoms with Gasteiger partial charge >= 0.3 is 0 Å². The third kappa shape index (κ3) is 4.65. The molecule has 32 heavy (non-hydrogen) atoms. The number of hydrogen-bond donors (Lipinski definition) is 4. The van der Waals surface area contributed by atoms with Crippen molar-refractivity contribution in [1.82, 2.24) is 0 Å². The van der Waals surface area contributed by atoms with E-state index in [-0.39, 0.29) is 0 Å². The fourth-order valence-corrected chi connectivity index (χ4v) is 5.05. The topological polar surface area (TPSA) is 107 Å². The maximum Gasteiger partial charge on any atom is 0.150 e. The molecule has 5 atom stereocenters. The molecule has 0 aliphatic carbocycles. The van der Waals surface area contributed by atoms with Crippen molar-refractivity contribution in [1.29, 1.82) is 0 Å². The molecule has 0 radical (unpaired) electrons. The van der Waals surface area contributed by atoms with Crippen molar-refractivity contribution in [2.75, 3.05) is 6.61 Å². The molecule has 4 rings (SSSR count). The fourth-order valence-electron chi connectivity index (χ4n) is 3.83. The Kier molecular flexibility index (Phi) is 7.07. The van der Waals surface area contributed by atoms with Gasteiger partial charge in [-0.3, -0.25) is 4.79 Å². The van der Waals surface area contributed by atoms with Crippen molar-refractivity contribution in [3.63, 3.8) is 0 Å². The van der Waals surface area contributed by atoms with E-state index >= 15 is 0 Å². The Morgan fingerprint density at radius 1 is 0.969 bits per heavy atom. The summed E-state index contributed by atoms with van der Waals surface area (Å²) in [6, 6.07) is 16.6. The largest absolute Gasteiger partial charge is 0.394 e. The van der Waals surface area contributed by atoms with Crippen LogP contribution >= 0.6 is 22.9 Å². The summed E-state index contributed by atoms with van der Waals surface area (Å²) in [7, 11) is 0. The lowest BCUT2D eigenvalue weighted by molar-refractivity contribution is -0.231. The van der Waals surface area contributed by atoms with Crippen LogP contribution in [0, 0.1) is 0 Å². The highest BCUT2D eigenvalue weighted by atomic mass is 35.5. The number of ether oxygens (including phenoxy) is 1. The number of thiophene rings is 1. The molecule has 0 amide bonds. The quantitative estimate of drug-likeness (QED) is 0.409. The van der Waals surface area contributed by atoms with E-state index in [2.05, 4.69) is 0 Å². The highest BCUT2D eigenvalue weighted by Gasteiger charge is 2.44. The van der Waals surface area contributed by atoms with Gasteiger partial charge in [0.1, 0.15) is 36.8 Å². The number of rotatable bonds is 6. The van der Waals surface area contributed by atoms with Crippen molar-refractivity contribution >= 4 is 29.2 Å². The molecular formula is C24H23ClO6S. The van der Waals surface area contributed by atoms with Gasteiger partial charge in [-0.2, -0.15) is 0 Å². The van der Waals surface area contributed by atoms with Crippen LogP contribution in [0.25, 0.3) is 10.4 Å². The molecule has 2 heterocycles. The van der Waals surface area contributed by atoms with Gasteiger partial charge in [0.25, 0.3) is 0 Å². The number of carbonyl (C=O) groups excluding carboxylic acids is 1. The second kappa shape index (κ2) is 9.80. The third-order valence-electron chi connectivity index (χ3n) is 5.65. The standard InChI is InChI=1S/C24H23ClO6S/c25-18-7-5-15(24-23(30)22(29)21(28)19(12-27)31-24)9-16(18)10-17-6-8-20(32-17)14-3-1-13(11-26)2-4-14/h1-9,11,19,21-24,27-30H,10,12H2/t19-,21-,22+,23-,24+/m1/s1. The van der Waals surface area contributed by atoms with Gasteiger partial charge < -0.3 is 25.2 Å². The first kappa shape index (κ1) is 23.1. The molecule has 6 nitrogen and oxygen atoms in total. The first-order valence-electron chi connectivity index (χ1n) is 10.1. The molecule has 3 aromatic rings. The summed E-state index contributed by atoms with van der Waals surface area (Å²) in [5, 5.41) is 40.5. The average Bonchev–Trinajstić information content (AvgIpc) is 3.28. The molecule has 2 aromatic carbocycles. The molecule has 1 aromatic heterocycles. The zero-order valence-electron chi connectivity index (χ0n) is 17.0. The summed E-state index contributed by atoms with van der Waals surface area (Å²) in [5.74, 6) is 0. The summed E-state index contributed by atoms with van der Waals surface area (Å²) >= 11 is 8.04. The van der Waals surface area contributed by atoms with Crippen LogP contribution in [0.5, 0.6) is 0 Å². The number of carbonyl (C=O) groups is 1. The van der Waals surface area contributed by atoms with Crippen LogP contribution in [0.1, 0.15) is 32.5 Å². The van der Waals surface area contributed by atoms with E-state index in [9.17, 15) is 25.2 Å². The first-order chi connectivity index (χ1) is 15.4. The van der Waals surface area contributed by atoms with E-state index in [4.69, 9.17) is 16.3 Å². The highest BCUT2D eigenvalue weighted by molar-refractivity contribution is 7.15. The van der Waals surface area contributed by atoms with E-state index in [0.717, 1.165) is 27.2 Å². The molecule has 1 aliphatic heterocycles. The molecule has 0 saturated carbocycles. The van der Waals surface area contributed by atoms with Gasteiger partial charge in [-0.05, 0) is 34.9 Å². The van der Waals surface area contributed by atoms with Crippen LogP contribution in [-0.4, -0.2) is 57.7 Å². The predicted molar refractivity (Wildman–Crippen MR) is 122 cm³/mol. The molecule has 1 saturated heterocycles. The van der Waals surface area contributed by atoms with E-state index in [1.165, 1.54) is 0 Å². The van der Waals surface area contributed by atoms with Gasteiger partial charge in [0, 0.05) is 26.8 Å². The summed E-state index contributed by atoms with van der Waals surface area (Å²) in [4.78, 5) is 13.0. The molecule has 0 unspecified atom stereocenters. The lowest BCUT2D eigenvalue weighted by Crippen LogP contribution is -2.55. The maximum absolute atomic E-state index is 10.9. The number of aliphatic hydroxyl groups is 4. The minimum atomic E-state index is -1.43. The Morgan fingerprint density at radius 2 is 1.72 bits per heavy atom. The summed E-state index contributed by atoms with van der Waals surface area (Å²) in [5.41, 5.74) is 3.07. The van der Waals surface area contributed by atoms with Gasteiger partial charge in [0.15, 0.2) is 0 Å². The lowest BCUT2D eigenvalue weighted by Gasteiger charge is -2.40.